The molecule has 0 aliphatic carbocycles. The molecular formula is C11H20N2O4. The summed E-state index contributed by atoms with van der Waals surface area (Å²) < 4.78 is 5.17. The van der Waals surface area contributed by atoms with E-state index in [0.717, 1.165) is 0 Å². The normalized spacial score (nSPS) is 16.2. The van der Waals surface area contributed by atoms with Gasteiger partial charge in [0.25, 0.3) is 0 Å². The van der Waals surface area contributed by atoms with Gasteiger partial charge in [-0.25, -0.2) is 0 Å². The third-order valence-corrected chi connectivity index (χ3v) is 2.81. The average Bonchev–Trinajstić information content (AvgIpc) is 2.35. The second kappa shape index (κ2) is 7.24. The first-order valence-electron chi connectivity index (χ1n) is 5.93. The topological polar surface area (TPSA) is 70.1 Å². The zero-order valence-electron chi connectivity index (χ0n) is 10.2. The standard InChI is InChI=1S/C11H20N2O4/c1-2-12(4-3-11(15)16)9-10(14)13-5-7-17-8-6-13/h2-9H2,1H3,(H,15,16). The molecule has 0 aromatic carbocycles. The molecule has 6 heteroatoms. The van der Waals surface area contributed by atoms with E-state index in [-0.39, 0.29) is 12.3 Å². The fourth-order valence-electron chi connectivity index (χ4n) is 1.71. The predicted molar refractivity (Wildman–Crippen MR) is 61.8 cm³/mol. The van der Waals surface area contributed by atoms with Gasteiger partial charge in [-0.15, -0.1) is 0 Å². The molecule has 0 saturated carbocycles. The van der Waals surface area contributed by atoms with E-state index in [4.69, 9.17) is 9.84 Å². The predicted octanol–water partition coefficient (Wildman–Crippen LogP) is -0.358. The Bertz CT molecular complexity index is 264. The van der Waals surface area contributed by atoms with E-state index >= 15 is 0 Å². The Morgan fingerprint density at radius 1 is 1.35 bits per heavy atom. The van der Waals surface area contributed by atoms with Crippen LogP contribution in [0.3, 0.4) is 0 Å². The zero-order valence-corrected chi connectivity index (χ0v) is 10.2. The summed E-state index contributed by atoms with van der Waals surface area (Å²) in [7, 11) is 0. The number of hydrogen-bond acceptors (Lipinski definition) is 4. The van der Waals surface area contributed by atoms with E-state index in [1.165, 1.54) is 0 Å². The lowest BCUT2D eigenvalue weighted by Gasteiger charge is -2.29. The van der Waals surface area contributed by atoms with Gasteiger partial charge in [0.1, 0.15) is 0 Å². The van der Waals surface area contributed by atoms with Crippen molar-refractivity contribution in [2.45, 2.75) is 13.3 Å². The van der Waals surface area contributed by atoms with Crippen LogP contribution in [0, 0.1) is 0 Å². The van der Waals surface area contributed by atoms with E-state index in [2.05, 4.69) is 0 Å². The number of rotatable bonds is 6. The Hall–Kier alpha value is -1.14. The second-order valence-electron chi connectivity index (χ2n) is 4.01. The van der Waals surface area contributed by atoms with Crippen LogP contribution in [0.4, 0.5) is 0 Å². The summed E-state index contributed by atoms with van der Waals surface area (Å²) in [5.41, 5.74) is 0. The van der Waals surface area contributed by atoms with Crippen LogP contribution < -0.4 is 0 Å². The second-order valence-corrected chi connectivity index (χ2v) is 4.01. The van der Waals surface area contributed by atoms with Crippen LogP contribution in [0.25, 0.3) is 0 Å². The molecular weight excluding hydrogens is 224 g/mol. The van der Waals surface area contributed by atoms with Gasteiger partial charge < -0.3 is 14.7 Å². The minimum atomic E-state index is -0.831. The van der Waals surface area contributed by atoms with Gasteiger partial charge in [-0.3, -0.25) is 14.5 Å². The highest BCUT2D eigenvalue weighted by Gasteiger charge is 2.19. The van der Waals surface area contributed by atoms with Crippen molar-refractivity contribution in [2.24, 2.45) is 0 Å². The number of hydrogen-bond donors (Lipinski definition) is 1. The van der Waals surface area contributed by atoms with Gasteiger partial charge in [0.2, 0.25) is 5.91 Å². The summed E-state index contributed by atoms with van der Waals surface area (Å²) in [4.78, 5) is 26.0. The average molecular weight is 244 g/mol. The van der Waals surface area contributed by atoms with Gasteiger partial charge in [0, 0.05) is 19.6 Å². The zero-order chi connectivity index (χ0) is 12.7. The maximum atomic E-state index is 11.9. The Morgan fingerprint density at radius 2 is 2.00 bits per heavy atom. The molecule has 98 valence electrons. The molecule has 17 heavy (non-hydrogen) atoms. The fraction of sp³-hybridized carbons (Fsp3) is 0.818. The number of aliphatic carboxylic acids is 1. The Morgan fingerprint density at radius 3 is 2.53 bits per heavy atom. The Balaban J connectivity index is 2.33. The van der Waals surface area contributed by atoms with Crippen LogP contribution in [0.5, 0.6) is 0 Å². The van der Waals surface area contributed by atoms with Gasteiger partial charge in [0.15, 0.2) is 0 Å². The lowest BCUT2D eigenvalue weighted by atomic mass is 10.3. The van der Waals surface area contributed by atoms with Gasteiger partial charge in [-0.1, -0.05) is 6.92 Å². The lowest BCUT2D eigenvalue weighted by Crippen LogP contribution is -2.46. The van der Waals surface area contributed by atoms with Gasteiger partial charge in [-0.05, 0) is 6.54 Å². The number of likely N-dealkylation sites (N-methyl/N-ethyl adjacent to an activating group) is 1. The summed E-state index contributed by atoms with van der Waals surface area (Å²) in [6.45, 7) is 5.77. The van der Waals surface area contributed by atoms with Crippen LogP contribution in [-0.2, 0) is 14.3 Å². The van der Waals surface area contributed by atoms with Gasteiger partial charge in [-0.2, -0.15) is 0 Å². The van der Waals surface area contributed by atoms with Crippen molar-refractivity contribution >= 4 is 11.9 Å². The number of carboxylic acids is 1. The summed E-state index contributed by atoms with van der Waals surface area (Å²) in [5, 5.41) is 8.60. The van der Waals surface area contributed by atoms with Crippen molar-refractivity contribution in [1.82, 2.24) is 9.80 Å². The largest absolute Gasteiger partial charge is 0.481 e. The van der Waals surface area contributed by atoms with Gasteiger partial charge in [0.05, 0.1) is 26.2 Å². The minimum Gasteiger partial charge on any atom is -0.481 e. The molecule has 0 bridgehead atoms. The SMILES string of the molecule is CCN(CCC(=O)O)CC(=O)N1CCOCC1. The molecule has 1 aliphatic heterocycles. The molecule has 0 atom stereocenters. The van der Waals surface area contributed by atoms with Crippen molar-refractivity contribution in [3.63, 3.8) is 0 Å². The summed E-state index contributed by atoms with van der Waals surface area (Å²) >= 11 is 0. The molecule has 1 heterocycles. The van der Waals surface area contributed by atoms with E-state index in [9.17, 15) is 9.59 Å². The van der Waals surface area contributed by atoms with E-state index in [1.54, 1.807) is 4.90 Å². The molecule has 6 nitrogen and oxygen atoms in total. The van der Waals surface area contributed by atoms with Crippen LogP contribution in [-0.4, -0.2) is 72.7 Å². The smallest absolute Gasteiger partial charge is 0.304 e. The number of nitrogens with zero attached hydrogens (tertiary/aromatic N) is 2. The molecule has 0 unspecified atom stereocenters. The molecule has 1 saturated heterocycles. The molecule has 1 amide bonds. The summed E-state index contributed by atoms with van der Waals surface area (Å²) in [6, 6.07) is 0. The van der Waals surface area contributed by atoms with Crippen LogP contribution in [0.1, 0.15) is 13.3 Å². The van der Waals surface area contributed by atoms with Crippen LogP contribution >= 0.6 is 0 Å². The maximum Gasteiger partial charge on any atom is 0.304 e. The fourth-order valence-corrected chi connectivity index (χ4v) is 1.71. The first-order valence-corrected chi connectivity index (χ1v) is 5.93. The van der Waals surface area contributed by atoms with Crippen molar-refractivity contribution in [1.29, 1.82) is 0 Å². The minimum absolute atomic E-state index is 0.0561. The van der Waals surface area contributed by atoms with E-state index in [1.807, 2.05) is 11.8 Å². The van der Waals surface area contributed by atoms with E-state index in [0.29, 0.717) is 45.9 Å². The van der Waals surface area contributed by atoms with Crippen molar-refractivity contribution < 1.29 is 19.4 Å². The highest BCUT2D eigenvalue weighted by atomic mass is 16.5. The highest BCUT2D eigenvalue weighted by Crippen LogP contribution is 2.00. The van der Waals surface area contributed by atoms with Crippen molar-refractivity contribution in [2.75, 3.05) is 45.9 Å². The van der Waals surface area contributed by atoms with Crippen molar-refractivity contribution in [3.8, 4) is 0 Å². The molecule has 1 aliphatic rings. The monoisotopic (exact) mass is 244 g/mol. The molecule has 1 fully saturated rings. The van der Waals surface area contributed by atoms with E-state index < -0.39 is 5.97 Å². The molecule has 1 rings (SSSR count). The first kappa shape index (κ1) is 13.9. The number of carboxylic acid groups (broad SMARTS) is 1. The summed E-state index contributed by atoms with van der Waals surface area (Å²) in [5.74, 6) is -0.775. The molecule has 0 aromatic rings. The molecule has 0 radical (unpaired) electrons. The maximum absolute atomic E-state index is 11.9. The number of morpholine rings is 1. The van der Waals surface area contributed by atoms with Crippen LogP contribution in [0.2, 0.25) is 0 Å². The number of ether oxygens (including phenoxy) is 1. The molecule has 0 aromatic heterocycles. The lowest BCUT2D eigenvalue weighted by molar-refractivity contribution is -0.139. The molecule has 1 N–H and O–H groups in total. The third-order valence-electron chi connectivity index (χ3n) is 2.81. The van der Waals surface area contributed by atoms with Crippen molar-refractivity contribution in [3.05, 3.63) is 0 Å². The Labute approximate surface area is 101 Å². The van der Waals surface area contributed by atoms with Gasteiger partial charge >= 0.3 is 5.97 Å². The number of carbonyl (C=O) groups excluding carboxylic acids is 1. The van der Waals surface area contributed by atoms with Crippen LogP contribution in [0.15, 0.2) is 0 Å². The quantitative estimate of drug-likeness (QED) is 0.691. The Kier molecular flexibility index (Phi) is 5.93. The molecule has 0 spiro atoms. The third kappa shape index (κ3) is 5.14. The number of amides is 1. The number of carbonyl (C=O) groups is 2. The first-order chi connectivity index (χ1) is 8.13. The highest BCUT2D eigenvalue weighted by molar-refractivity contribution is 5.78. The summed E-state index contributed by atoms with van der Waals surface area (Å²) in [6.07, 6.45) is 0.0736.